The third-order valence-corrected chi connectivity index (χ3v) is 3.22. The second-order valence-electron chi connectivity index (χ2n) is 4.74. The van der Waals surface area contributed by atoms with Crippen LogP contribution in [0.15, 0.2) is 47.0 Å². The van der Waals surface area contributed by atoms with Gasteiger partial charge in [-0.1, -0.05) is 41.1 Å². The molecule has 0 aliphatic rings. The van der Waals surface area contributed by atoms with Crippen molar-refractivity contribution >= 4 is 5.88 Å². The summed E-state index contributed by atoms with van der Waals surface area (Å²) in [6, 6.07) is 11.0. The van der Waals surface area contributed by atoms with E-state index in [0.717, 1.165) is 5.56 Å². The van der Waals surface area contributed by atoms with Crippen LogP contribution in [0.3, 0.4) is 0 Å². The first-order valence-corrected chi connectivity index (χ1v) is 6.34. The number of hydrogen-bond acceptors (Lipinski definition) is 3. The number of nitrogens with zero attached hydrogens (tertiary/aromatic N) is 1. The molecular formula is C16H12F2N2O. The molecule has 0 amide bonds. The lowest BCUT2D eigenvalue weighted by molar-refractivity contribution is 0.438. The summed E-state index contributed by atoms with van der Waals surface area (Å²) < 4.78 is 32.9. The Kier molecular flexibility index (Phi) is 3.17. The molecule has 0 unspecified atom stereocenters. The molecule has 0 aliphatic carbocycles. The van der Waals surface area contributed by atoms with Gasteiger partial charge in [0.05, 0.1) is 11.1 Å². The number of aromatic nitrogens is 1. The molecular weight excluding hydrogens is 274 g/mol. The van der Waals surface area contributed by atoms with Crippen LogP contribution in [0.1, 0.15) is 5.56 Å². The van der Waals surface area contributed by atoms with Crippen LogP contribution < -0.4 is 5.73 Å². The molecule has 0 spiro atoms. The van der Waals surface area contributed by atoms with Crippen LogP contribution in [-0.4, -0.2) is 5.16 Å². The minimum atomic E-state index is -0.711. The lowest BCUT2D eigenvalue weighted by Crippen LogP contribution is -1.93. The van der Waals surface area contributed by atoms with E-state index in [1.165, 1.54) is 18.2 Å². The molecule has 3 aromatic rings. The number of aryl methyl sites for hydroxylation is 1. The van der Waals surface area contributed by atoms with Crippen molar-refractivity contribution in [3.63, 3.8) is 0 Å². The molecule has 0 aliphatic heterocycles. The zero-order valence-electron chi connectivity index (χ0n) is 11.2. The van der Waals surface area contributed by atoms with E-state index in [4.69, 9.17) is 10.3 Å². The fourth-order valence-electron chi connectivity index (χ4n) is 2.28. The Bertz CT molecular complexity index is 792. The first kappa shape index (κ1) is 13.3. The fraction of sp³-hybridized carbons (Fsp3) is 0.0625. The monoisotopic (exact) mass is 286 g/mol. The third-order valence-electron chi connectivity index (χ3n) is 3.22. The molecule has 1 heterocycles. The van der Waals surface area contributed by atoms with Gasteiger partial charge >= 0.3 is 0 Å². The Balaban J connectivity index is 2.27. The lowest BCUT2D eigenvalue weighted by Gasteiger charge is -2.06. The molecule has 0 bridgehead atoms. The van der Waals surface area contributed by atoms with Crippen molar-refractivity contribution in [2.75, 3.05) is 5.73 Å². The summed E-state index contributed by atoms with van der Waals surface area (Å²) in [7, 11) is 0. The average Bonchev–Trinajstić information content (AvgIpc) is 2.80. The fourth-order valence-corrected chi connectivity index (χ4v) is 2.28. The van der Waals surface area contributed by atoms with Crippen molar-refractivity contribution in [2.45, 2.75) is 6.92 Å². The number of halogens is 2. The van der Waals surface area contributed by atoms with Crippen molar-refractivity contribution in [3.8, 4) is 22.4 Å². The molecule has 3 nitrogen and oxygen atoms in total. The molecule has 5 heteroatoms. The third kappa shape index (κ3) is 2.27. The summed E-state index contributed by atoms with van der Waals surface area (Å²) in [5, 5.41) is 3.73. The maximum atomic E-state index is 14.0. The number of hydrogen-bond donors (Lipinski definition) is 1. The van der Waals surface area contributed by atoms with Crippen LogP contribution in [-0.2, 0) is 0 Å². The molecule has 0 atom stereocenters. The topological polar surface area (TPSA) is 52.0 Å². The highest BCUT2D eigenvalue weighted by atomic mass is 19.1. The lowest BCUT2D eigenvalue weighted by atomic mass is 9.99. The van der Waals surface area contributed by atoms with E-state index in [0.29, 0.717) is 11.1 Å². The predicted molar refractivity (Wildman–Crippen MR) is 76.4 cm³/mol. The van der Waals surface area contributed by atoms with Crippen LogP contribution in [0.25, 0.3) is 22.4 Å². The summed E-state index contributed by atoms with van der Waals surface area (Å²) in [5.74, 6) is -1.40. The molecule has 0 saturated heterocycles. The molecule has 2 N–H and O–H groups in total. The summed E-state index contributed by atoms with van der Waals surface area (Å²) in [6.07, 6.45) is 0. The predicted octanol–water partition coefficient (Wildman–Crippen LogP) is 4.18. The first-order valence-electron chi connectivity index (χ1n) is 6.34. The highest BCUT2D eigenvalue weighted by molar-refractivity contribution is 5.87. The standard InChI is InChI=1S/C16H12F2N2O/c1-9-4-2-5-10(8-9)13-15(20-21-16(13)19)14-11(17)6-3-7-12(14)18/h2-8H,19H2,1H3. The summed E-state index contributed by atoms with van der Waals surface area (Å²) >= 11 is 0. The van der Waals surface area contributed by atoms with Gasteiger partial charge in [0.2, 0.25) is 5.88 Å². The Morgan fingerprint density at radius 1 is 1.00 bits per heavy atom. The highest BCUT2D eigenvalue weighted by Gasteiger charge is 2.22. The number of nitrogen functional groups attached to an aromatic ring is 1. The normalized spacial score (nSPS) is 10.8. The van der Waals surface area contributed by atoms with Crippen LogP contribution >= 0.6 is 0 Å². The molecule has 0 fully saturated rings. The second kappa shape index (κ2) is 5.01. The van der Waals surface area contributed by atoms with E-state index in [2.05, 4.69) is 5.16 Å². The van der Waals surface area contributed by atoms with Crippen LogP contribution in [0.2, 0.25) is 0 Å². The maximum absolute atomic E-state index is 14.0. The van der Waals surface area contributed by atoms with Crippen molar-refractivity contribution in [3.05, 3.63) is 59.7 Å². The number of anilines is 1. The second-order valence-corrected chi connectivity index (χ2v) is 4.74. The Labute approximate surface area is 120 Å². The minimum absolute atomic E-state index is 0.0262. The maximum Gasteiger partial charge on any atom is 0.230 e. The van der Waals surface area contributed by atoms with Crippen LogP contribution in [0.4, 0.5) is 14.7 Å². The van der Waals surface area contributed by atoms with E-state index in [1.807, 2.05) is 25.1 Å². The Morgan fingerprint density at radius 3 is 2.33 bits per heavy atom. The van der Waals surface area contributed by atoms with Gasteiger partial charge in [-0.2, -0.15) is 0 Å². The number of nitrogens with two attached hydrogens (primary N) is 1. The van der Waals surface area contributed by atoms with E-state index in [9.17, 15) is 8.78 Å². The van der Waals surface area contributed by atoms with E-state index in [-0.39, 0.29) is 17.1 Å². The number of rotatable bonds is 2. The van der Waals surface area contributed by atoms with E-state index < -0.39 is 11.6 Å². The van der Waals surface area contributed by atoms with E-state index in [1.54, 1.807) is 6.07 Å². The molecule has 3 rings (SSSR count). The van der Waals surface area contributed by atoms with Gasteiger partial charge in [-0.3, -0.25) is 0 Å². The average molecular weight is 286 g/mol. The zero-order valence-corrected chi connectivity index (χ0v) is 11.2. The van der Waals surface area contributed by atoms with Gasteiger partial charge in [-0.25, -0.2) is 8.78 Å². The van der Waals surface area contributed by atoms with Crippen molar-refractivity contribution < 1.29 is 13.3 Å². The molecule has 2 aromatic carbocycles. The van der Waals surface area contributed by atoms with Crippen LogP contribution in [0, 0.1) is 18.6 Å². The van der Waals surface area contributed by atoms with Gasteiger partial charge in [-0.05, 0) is 24.6 Å². The first-order chi connectivity index (χ1) is 10.1. The molecule has 106 valence electrons. The summed E-state index contributed by atoms with van der Waals surface area (Å²) in [5.41, 5.74) is 7.69. The van der Waals surface area contributed by atoms with Crippen molar-refractivity contribution in [2.24, 2.45) is 0 Å². The van der Waals surface area contributed by atoms with Crippen molar-refractivity contribution in [1.29, 1.82) is 0 Å². The minimum Gasteiger partial charge on any atom is -0.367 e. The van der Waals surface area contributed by atoms with Crippen LogP contribution in [0.5, 0.6) is 0 Å². The number of benzene rings is 2. The quantitative estimate of drug-likeness (QED) is 0.769. The Hall–Kier alpha value is -2.69. The van der Waals surface area contributed by atoms with Gasteiger partial charge in [0.25, 0.3) is 0 Å². The smallest absolute Gasteiger partial charge is 0.230 e. The SMILES string of the molecule is Cc1cccc(-c2c(-c3c(F)cccc3F)noc2N)c1. The highest BCUT2D eigenvalue weighted by Crippen LogP contribution is 2.38. The molecule has 0 radical (unpaired) electrons. The molecule has 0 saturated carbocycles. The van der Waals surface area contributed by atoms with Gasteiger partial charge in [0, 0.05) is 0 Å². The Morgan fingerprint density at radius 2 is 1.67 bits per heavy atom. The molecule has 1 aromatic heterocycles. The zero-order chi connectivity index (χ0) is 15.0. The largest absolute Gasteiger partial charge is 0.367 e. The van der Waals surface area contributed by atoms with Gasteiger partial charge in [-0.15, -0.1) is 0 Å². The van der Waals surface area contributed by atoms with Gasteiger partial charge in [0.1, 0.15) is 17.3 Å². The van der Waals surface area contributed by atoms with Crippen molar-refractivity contribution in [1.82, 2.24) is 5.16 Å². The van der Waals surface area contributed by atoms with Gasteiger partial charge in [0.15, 0.2) is 0 Å². The van der Waals surface area contributed by atoms with Gasteiger partial charge < -0.3 is 10.3 Å². The summed E-state index contributed by atoms with van der Waals surface area (Å²) in [4.78, 5) is 0. The van der Waals surface area contributed by atoms with E-state index >= 15 is 0 Å². The summed E-state index contributed by atoms with van der Waals surface area (Å²) in [6.45, 7) is 1.91. The molecule has 21 heavy (non-hydrogen) atoms.